The van der Waals surface area contributed by atoms with E-state index in [9.17, 15) is 9.59 Å². The Balaban J connectivity index is 1.48. The maximum absolute atomic E-state index is 13.0. The van der Waals surface area contributed by atoms with Gasteiger partial charge in [0.1, 0.15) is 17.1 Å². The molecule has 0 atom stereocenters. The van der Waals surface area contributed by atoms with Gasteiger partial charge in [-0.25, -0.2) is 0 Å². The molecule has 0 radical (unpaired) electrons. The van der Waals surface area contributed by atoms with Crippen molar-refractivity contribution in [2.24, 2.45) is 0 Å². The van der Waals surface area contributed by atoms with Gasteiger partial charge < -0.3 is 14.5 Å². The molecule has 1 N–H and O–H groups in total. The summed E-state index contributed by atoms with van der Waals surface area (Å²) >= 11 is 0. The number of carbonyl (C=O) groups is 1. The highest BCUT2D eigenvalue weighted by Gasteiger charge is 2.16. The Morgan fingerprint density at radius 2 is 1.80 bits per heavy atom. The SMILES string of the molecule is Cc1oc2cc(OCC(=O)NC3CCCCCC3)ccc2c(=O)c1-c1ccccc1. The molecule has 0 unspecified atom stereocenters. The number of aryl methyl sites for hydroxylation is 1. The third-order valence-electron chi connectivity index (χ3n) is 5.69. The summed E-state index contributed by atoms with van der Waals surface area (Å²) in [6.45, 7) is 1.74. The van der Waals surface area contributed by atoms with E-state index in [4.69, 9.17) is 9.15 Å². The van der Waals surface area contributed by atoms with E-state index in [-0.39, 0.29) is 24.0 Å². The molecular formula is C25H27NO4. The van der Waals surface area contributed by atoms with Crippen LogP contribution in [0.2, 0.25) is 0 Å². The van der Waals surface area contributed by atoms with E-state index in [2.05, 4.69) is 5.32 Å². The zero-order valence-electron chi connectivity index (χ0n) is 17.3. The van der Waals surface area contributed by atoms with Crippen LogP contribution in [-0.4, -0.2) is 18.6 Å². The van der Waals surface area contributed by atoms with Gasteiger partial charge in [-0.2, -0.15) is 0 Å². The van der Waals surface area contributed by atoms with Crippen molar-refractivity contribution >= 4 is 16.9 Å². The molecule has 156 valence electrons. The molecule has 1 heterocycles. The molecule has 0 saturated heterocycles. The molecule has 0 bridgehead atoms. The minimum Gasteiger partial charge on any atom is -0.484 e. The molecule has 1 aliphatic rings. The van der Waals surface area contributed by atoms with Gasteiger partial charge in [0.25, 0.3) is 5.91 Å². The average molecular weight is 405 g/mol. The number of nitrogens with one attached hydrogen (secondary N) is 1. The first kappa shape index (κ1) is 20.2. The Morgan fingerprint density at radius 1 is 1.07 bits per heavy atom. The molecule has 0 spiro atoms. The number of fused-ring (bicyclic) bond motifs is 1. The Kier molecular flexibility index (Phi) is 6.17. The Hall–Kier alpha value is -3.08. The molecule has 1 aliphatic carbocycles. The lowest BCUT2D eigenvalue weighted by Crippen LogP contribution is -2.37. The summed E-state index contributed by atoms with van der Waals surface area (Å²) in [7, 11) is 0. The van der Waals surface area contributed by atoms with E-state index in [0.29, 0.717) is 28.0 Å². The number of benzene rings is 2. The van der Waals surface area contributed by atoms with Gasteiger partial charge in [-0.1, -0.05) is 56.0 Å². The minimum absolute atomic E-state index is 0.0483. The average Bonchev–Trinajstić information content (AvgIpc) is 3.01. The molecule has 2 aromatic carbocycles. The second kappa shape index (κ2) is 9.16. The molecule has 5 heteroatoms. The standard InChI is InChI=1S/C25H27NO4/c1-17-24(18-9-5-4-6-10-18)25(28)21-14-13-20(15-22(21)30-17)29-16-23(27)26-19-11-7-2-3-8-12-19/h4-6,9-10,13-15,19H,2-3,7-8,11-12,16H2,1H3,(H,26,27). The smallest absolute Gasteiger partial charge is 0.258 e. The molecule has 0 aliphatic heterocycles. The molecule has 1 saturated carbocycles. The summed E-state index contributed by atoms with van der Waals surface area (Å²) in [5.74, 6) is 0.953. The van der Waals surface area contributed by atoms with Crippen LogP contribution in [-0.2, 0) is 4.79 Å². The largest absolute Gasteiger partial charge is 0.484 e. The Morgan fingerprint density at radius 3 is 2.53 bits per heavy atom. The monoisotopic (exact) mass is 405 g/mol. The third kappa shape index (κ3) is 4.56. The fourth-order valence-corrected chi connectivity index (χ4v) is 4.16. The van der Waals surface area contributed by atoms with Crippen molar-refractivity contribution < 1.29 is 13.9 Å². The molecule has 1 aromatic heterocycles. The van der Waals surface area contributed by atoms with Crippen LogP contribution in [0, 0.1) is 6.92 Å². The van der Waals surface area contributed by atoms with E-state index < -0.39 is 0 Å². The molecule has 30 heavy (non-hydrogen) atoms. The number of amides is 1. The van der Waals surface area contributed by atoms with Crippen molar-refractivity contribution in [1.82, 2.24) is 5.32 Å². The fraction of sp³-hybridized carbons (Fsp3) is 0.360. The van der Waals surface area contributed by atoms with Crippen LogP contribution >= 0.6 is 0 Å². The maximum Gasteiger partial charge on any atom is 0.258 e. The molecule has 4 rings (SSSR count). The van der Waals surface area contributed by atoms with Gasteiger partial charge in [-0.05, 0) is 37.5 Å². The lowest BCUT2D eigenvalue weighted by atomic mass is 10.0. The quantitative estimate of drug-likeness (QED) is 0.608. The summed E-state index contributed by atoms with van der Waals surface area (Å²) in [6.07, 6.45) is 6.90. The summed E-state index contributed by atoms with van der Waals surface area (Å²) in [5.41, 5.74) is 1.79. The highest BCUT2D eigenvalue weighted by atomic mass is 16.5. The van der Waals surface area contributed by atoms with Gasteiger partial charge >= 0.3 is 0 Å². The second-order valence-electron chi connectivity index (χ2n) is 7.93. The van der Waals surface area contributed by atoms with Crippen molar-refractivity contribution in [2.75, 3.05) is 6.61 Å². The summed E-state index contributed by atoms with van der Waals surface area (Å²) in [4.78, 5) is 25.3. The minimum atomic E-state index is -0.112. The van der Waals surface area contributed by atoms with Crippen molar-refractivity contribution in [1.29, 1.82) is 0 Å². The molecular weight excluding hydrogens is 378 g/mol. The fourth-order valence-electron chi connectivity index (χ4n) is 4.16. The number of ether oxygens (including phenoxy) is 1. The van der Waals surface area contributed by atoms with Gasteiger partial charge in [0.15, 0.2) is 6.61 Å². The van der Waals surface area contributed by atoms with Gasteiger partial charge in [0.05, 0.1) is 10.9 Å². The van der Waals surface area contributed by atoms with Crippen LogP contribution in [0.4, 0.5) is 0 Å². The van der Waals surface area contributed by atoms with Crippen LogP contribution < -0.4 is 15.5 Å². The van der Waals surface area contributed by atoms with Crippen LogP contribution in [0.5, 0.6) is 5.75 Å². The first-order chi connectivity index (χ1) is 14.6. The van der Waals surface area contributed by atoms with Crippen molar-refractivity contribution in [3.63, 3.8) is 0 Å². The van der Waals surface area contributed by atoms with Gasteiger partial charge in [0, 0.05) is 12.1 Å². The van der Waals surface area contributed by atoms with Gasteiger partial charge in [0.2, 0.25) is 5.43 Å². The predicted molar refractivity (Wildman–Crippen MR) is 118 cm³/mol. The molecule has 3 aromatic rings. The first-order valence-corrected chi connectivity index (χ1v) is 10.7. The highest BCUT2D eigenvalue weighted by Crippen LogP contribution is 2.26. The zero-order chi connectivity index (χ0) is 20.9. The highest BCUT2D eigenvalue weighted by molar-refractivity contribution is 5.84. The molecule has 1 amide bonds. The van der Waals surface area contributed by atoms with E-state index in [1.165, 1.54) is 25.7 Å². The van der Waals surface area contributed by atoms with E-state index in [0.717, 1.165) is 18.4 Å². The summed E-state index contributed by atoms with van der Waals surface area (Å²) in [6, 6.07) is 14.8. The van der Waals surface area contributed by atoms with E-state index in [1.54, 1.807) is 25.1 Å². The van der Waals surface area contributed by atoms with Crippen molar-refractivity contribution in [3.8, 4) is 16.9 Å². The maximum atomic E-state index is 13.0. The lowest BCUT2D eigenvalue weighted by Gasteiger charge is -2.16. The van der Waals surface area contributed by atoms with E-state index >= 15 is 0 Å². The predicted octanol–water partition coefficient (Wildman–Crippen LogP) is 4.99. The second-order valence-corrected chi connectivity index (χ2v) is 7.93. The topological polar surface area (TPSA) is 68.5 Å². The first-order valence-electron chi connectivity index (χ1n) is 10.7. The summed E-state index contributed by atoms with van der Waals surface area (Å²) < 4.78 is 11.6. The lowest BCUT2D eigenvalue weighted by molar-refractivity contribution is -0.123. The van der Waals surface area contributed by atoms with Crippen LogP contribution in [0.25, 0.3) is 22.1 Å². The normalized spacial score (nSPS) is 15.0. The Bertz CT molecular complexity index is 1080. The molecule has 5 nitrogen and oxygen atoms in total. The van der Waals surface area contributed by atoms with Crippen molar-refractivity contribution in [3.05, 3.63) is 64.5 Å². The van der Waals surface area contributed by atoms with E-state index in [1.807, 2.05) is 30.3 Å². The van der Waals surface area contributed by atoms with Crippen LogP contribution in [0.1, 0.15) is 44.3 Å². The number of carbonyl (C=O) groups excluding carboxylic acids is 1. The number of hydrogen-bond acceptors (Lipinski definition) is 4. The van der Waals surface area contributed by atoms with Crippen LogP contribution in [0.3, 0.4) is 0 Å². The number of rotatable bonds is 5. The Labute approximate surface area is 176 Å². The van der Waals surface area contributed by atoms with Gasteiger partial charge in [-0.3, -0.25) is 9.59 Å². The molecule has 1 fully saturated rings. The van der Waals surface area contributed by atoms with Crippen molar-refractivity contribution in [2.45, 2.75) is 51.5 Å². The third-order valence-corrected chi connectivity index (χ3v) is 5.69. The summed E-state index contributed by atoms with van der Waals surface area (Å²) in [5, 5.41) is 3.57. The number of hydrogen-bond donors (Lipinski definition) is 1. The van der Waals surface area contributed by atoms with Gasteiger partial charge in [-0.15, -0.1) is 0 Å². The zero-order valence-corrected chi connectivity index (χ0v) is 17.3. The van der Waals surface area contributed by atoms with Crippen LogP contribution in [0.15, 0.2) is 57.7 Å².